The van der Waals surface area contributed by atoms with Crippen LogP contribution >= 0.6 is 11.3 Å². The molecule has 0 spiro atoms. The smallest absolute Gasteiger partial charge is 0.462 e. The van der Waals surface area contributed by atoms with Gasteiger partial charge in [0, 0.05) is 5.38 Å². The number of hydrogen-bond donors (Lipinski definition) is 1. The Kier molecular flexibility index (Phi) is 8.70. The van der Waals surface area contributed by atoms with E-state index < -0.39 is 18.3 Å². The minimum Gasteiger partial charge on any atom is -0.462 e. The number of alkyl halides is 3. The van der Waals surface area contributed by atoms with Gasteiger partial charge in [0.15, 0.2) is 0 Å². The second kappa shape index (κ2) is 11.7. The Balaban J connectivity index is 1.69. The van der Waals surface area contributed by atoms with Crippen molar-refractivity contribution in [2.45, 2.75) is 26.6 Å². The Morgan fingerprint density at radius 1 is 0.861 bits per heavy atom. The fourth-order valence-electron chi connectivity index (χ4n) is 3.24. The topological polar surface area (TPSA) is 90.9 Å². The number of nitrogens with one attached hydrogen (secondary N) is 1. The van der Waals surface area contributed by atoms with Gasteiger partial charge in [-0.3, -0.25) is 4.79 Å². The van der Waals surface area contributed by atoms with E-state index in [0.29, 0.717) is 21.7 Å². The molecule has 0 fully saturated rings. The predicted molar refractivity (Wildman–Crippen MR) is 127 cm³/mol. The van der Waals surface area contributed by atoms with Gasteiger partial charge in [0.25, 0.3) is 0 Å². The summed E-state index contributed by atoms with van der Waals surface area (Å²) in [4.78, 5) is 37.1. The molecule has 0 aliphatic carbocycles. The molecule has 0 bridgehead atoms. The van der Waals surface area contributed by atoms with Gasteiger partial charge in [0.05, 0.1) is 35.8 Å². The van der Waals surface area contributed by atoms with Crippen molar-refractivity contribution < 1.29 is 41.8 Å². The van der Waals surface area contributed by atoms with Crippen molar-refractivity contribution in [3.63, 3.8) is 0 Å². The zero-order valence-electron chi connectivity index (χ0n) is 19.3. The van der Waals surface area contributed by atoms with Crippen molar-refractivity contribution in [3.8, 4) is 16.9 Å². The van der Waals surface area contributed by atoms with E-state index in [-0.39, 0.29) is 42.4 Å². The van der Waals surface area contributed by atoms with E-state index in [4.69, 9.17) is 9.47 Å². The van der Waals surface area contributed by atoms with Crippen LogP contribution in [0.15, 0.2) is 53.9 Å². The molecule has 0 aliphatic heterocycles. The first kappa shape index (κ1) is 26.7. The largest absolute Gasteiger partial charge is 0.573 e. The molecule has 3 rings (SSSR count). The molecule has 2 aromatic carbocycles. The maximum absolute atomic E-state index is 12.6. The average molecular weight is 522 g/mol. The normalized spacial score (nSPS) is 11.0. The van der Waals surface area contributed by atoms with Crippen LogP contribution in [0.1, 0.15) is 40.1 Å². The number of thiophene rings is 1. The molecular formula is C25H22F3NO6S. The molecule has 0 saturated carbocycles. The summed E-state index contributed by atoms with van der Waals surface area (Å²) in [5.41, 5.74) is 1.90. The van der Waals surface area contributed by atoms with Crippen LogP contribution in [0.2, 0.25) is 0 Å². The second-order valence-electron chi connectivity index (χ2n) is 7.32. The summed E-state index contributed by atoms with van der Waals surface area (Å²) in [5.74, 6) is -2.06. The molecule has 1 amide bonds. The Hall–Kier alpha value is -3.86. The van der Waals surface area contributed by atoms with Crippen molar-refractivity contribution in [2.75, 3.05) is 18.5 Å². The van der Waals surface area contributed by atoms with Gasteiger partial charge in [-0.1, -0.05) is 18.2 Å². The number of benzene rings is 2. The van der Waals surface area contributed by atoms with Crippen molar-refractivity contribution >= 4 is 34.2 Å². The van der Waals surface area contributed by atoms with Crippen molar-refractivity contribution in [1.29, 1.82) is 0 Å². The maximum atomic E-state index is 12.6. The van der Waals surface area contributed by atoms with Gasteiger partial charge in [-0.15, -0.1) is 24.5 Å². The monoisotopic (exact) mass is 521 g/mol. The molecule has 7 nitrogen and oxygen atoms in total. The fraction of sp³-hybridized carbons (Fsp3) is 0.240. The molecule has 1 N–H and O–H groups in total. The number of carbonyl (C=O) groups is 3. The molecule has 0 radical (unpaired) electrons. The van der Waals surface area contributed by atoms with Crippen LogP contribution in [0.4, 0.5) is 18.2 Å². The number of hydrogen-bond acceptors (Lipinski definition) is 7. The van der Waals surface area contributed by atoms with E-state index >= 15 is 0 Å². The van der Waals surface area contributed by atoms with Crippen LogP contribution in [0.25, 0.3) is 11.1 Å². The second-order valence-corrected chi connectivity index (χ2v) is 8.23. The highest BCUT2D eigenvalue weighted by molar-refractivity contribution is 7.14. The third kappa shape index (κ3) is 7.32. The highest BCUT2D eigenvalue weighted by Gasteiger charge is 2.31. The minimum atomic E-state index is -4.77. The molecule has 0 unspecified atom stereocenters. The van der Waals surface area contributed by atoms with Crippen molar-refractivity contribution in [3.05, 3.63) is 70.6 Å². The molecule has 0 atom stereocenters. The molecule has 0 aliphatic rings. The molecule has 0 saturated heterocycles. The summed E-state index contributed by atoms with van der Waals surface area (Å²) < 4.78 is 50.8. The molecule has 1 heterocycles. The summed E-state index contributed by atoms with van der Waals surface area (Å²) >= 11 is 1.25. The summed E-state index contributed by atoms with van der Waals surface area (Å²) in [6, 6.07) is 11.5. The van der Waals surface area contributed by atoms with Crippen LogP contribution in [0, 0.1) is 0 Å². The Labute approximate surface area is 208 Å². The molecule has 36 heavy (non-hydrogen) atoms. The lowest BCUT2D eigenvalue weighted by Crippen LogP contribution is -2.17. The minimum absolute atomic E-state index is 0.0111. The number of ether oxygens (including phenoxy) is 3. The zero-order chi connectivity index (χ0) is 26.3. The number of amides is 1. The highest BCUT2D eigenvalue weighted by Crippen LogP contribution is 2.31. The van der Waals surface area contributed by atoms with Gasteiger partial charge >= 0.3 is 18.3 Å². The Bertz CT molecular complexity index is 1240. The van der Waals surface area contributed by atoms with E-state index in [0.717, 1.165) is 0 Å². The number of carbonyl (C=O) groups excluding carboxylic acids is 3. The molecule has 11 heteroatoms. The summed E-state index contributed by atoms with van der Waals surface area (Å²) in [5, 5.41) is 5.03. The standard InChI is InChI=1S/C25H22F3NO6S/c1-3-33-23(31)19-10-5-15(11-20(19)24(32)34-4-2)12-21(30)29-22-13-17(14-36-22)16-6-8-18(9-7-16)35-25(26,27)28/h5-11,13-14H,3-4,12H2,1-2H3,(H,29,30). The third-order valence-corrected chi connectivity index (χ3v) is 5.57. The lowest BCUT2D eigenvalue weighted by atomic mass is 10.0. The van der Waals surface area contributed by atoms with E-state index in [2.05, 4.69) is 10.1 Å². The zero-order valence-corrected chi connectivity index (χ0v) is 20.1. The lowest BCUT2D eigenvalue weighted by molar-refractivity contribution is -0.274. The van der Waals surface area contributed by atoms with Gasteiger partial charge < -0.3 is 19.5 Å². The Morgan fingerprint density at radius 3 is 2.11 bits per heavy atom. The quantitative estimate of drug-likeness (QED) is 0.356. The van der Waals surface area contributed by atoms with Gasteiger partial charge in [-0.05, 0) is 60.9 Å². The summed E-state index contributed by atoms with van der Waals surface area (Å²) in [7, 11) is 0. The number of halogens is 3. The molecule has 190 valence electrons. The Morgan fingerprint density at radius 2 is 1.50 bits per heavy atom. The van der Waals surface area contributed by atoms with Crippen LogP contribution in [-0.2, 0) is 20.7 Å². The maximum Gasteiger partial charge on any atom is 0.573 e. The first-order valence-corrected chi connectivity index (χ1v) is 11.7. The average Bonchev–Trinajstić information content (AvgIpc) is 3.27. The van der Waals surface area contributed by atoms with Gasteiger partial charge in [0.2, 0.25) is 5.91 Å². The SMILES string of the molecule is CCOC(=O)c1ccc(CC(=O)Nc2cc(-c3ccc(OC(F)(F)F)cc3)cs2)cc1C(=O)OCC. The lowest BCUT2D eigenvalue weighted by Gasteiger charge is -2.10. The molecule has 3 aromatic rings. The number of anilines is 1. The third-order valence-electron chi connectivity index (χ3n) is 4.72. The van der Waals surface area contributed by atoms with Gasteiger partial charge in [0.1, 0.15) is 5.75 Å². The first-order chi connectivity index (χ1) is 17.1. The van der Waals surface area contributed by atoms with E-state index in [9.17, 15) is 27.6 Å². The van der Waals surface area contributed by atoms with E-state index in [1.807, 2.05) is 0 Å². The summed E-state index contributed by atoms with van der Waals surface area (Å²) in [6.07, 6.45) is -4.84. The van der Waals surface area contributed by atoms with Crippen LogP contribution in [0.3, 0.4) is 0 Å². The number of esters is 2. The van der Waals surface area contributed by atoms with Crippen LogP contribution in [-0.4, -0.2) is 37.4 Å². The first-order valence-electron chi connectivity index (χ1n) is 10.8. The summed E-state index contributed by atoms with van der Waals surface area (Å²) in [6.45, 7) is 3.54. The van der Waals surface area contributed by atoms with Gasteiger partial charge in [-0.2, -0.15) is 0 Å². The van der Waals surface area contributed by atoms with Crippen LogP contribution in [0.5, 0.6) is 5.75 Å². The fourth-order valence-corrected chi connectivity index (χ4v) is 4.06. The van der Waals surface area contributed by atoms with Gasteiger partial charge in [-0.25, -0.2) is 9.59 Å². The van der Waals surface area contributed by atoms with Crippen LogP contribution < -0.4 is 10.1 Å². The van der Waals surface area contributed by atoms with Crippen molar-refractivity contribution in [2.24, 2.45) is 0 Å². The van der Waals surface area contributed by atoms with E-state index in [1.165, 1.54) is 47.7 Å². The van der Waals surface area contributed by atoms with Crippen molar-refractivity contribution in [1.82, 2.24) is 0 Å². The molecular weight excluding hydrogens is 499 g/mol. The highest BCUT2D eigenvalue weighted by atomic mass is 32.1. The number of rotatable bonds is 9. The van der Waals surface area contributed by atoms with E-state index in [1.54, 1.807) is 31.4 Å². The predicted octanol–water partition coefficient (Wildman–Crippen LogP) is 5.85. The molecule has 1 aromatic heterocycles.